The zero-order valence-corrected chi connectivity index (χ0v) is 20.2. The number of rotatable bonds is 6. The second-order valence-corrected chi connectivity index (χ2v) is 8.34. The summed E-state index contributed by atoms with van der Waals surface area (Å²) in [5, 5.41) is 12.7. The van der Waals surface area contributed by atoms with Gasteiger partial charge in [0.1, 0.15) is 23.4 Å². The smallest absolute Gasteiger partial charge is 0.325 e. The van der Waals surface area contributed by atoms with Crippen LogP contribution < -0.4 is 15.4 Å². The van der Waals surface area contributed by atoms with Crippen LogP contribution in [0, 0.1) is 25.5 Å². The van der Waals surface area contributed by atoms with Gasteiger partial charge < -0.3 is 14.6 Å². The van der Waals surface area contributed by atoms with Crippen molar-refractivity contribution in [3.8, 4) is 22.8 Å². The van der Waals surface area contributed by atoms with Crippen LogP contribution in [0.1, 0.15) is 17.0 Å². The third-order valence-corrected chi connectivity index (χ3v) is 5.65. The molecule has 5 rings (SSSR count). The highest BCUT2D eigenvalue weighted by Gasteiger charge is 2.20. The van der Waals surface area contributed by atoms with Gasteiger partial charge in [0, 0.05) is 29.1 Å². The second kappa shape index (κ2) is 10.1. The molecule has 0 aliphatic heterocycles. The number of ether oxygens (including phenoxy) is 1. The molecule has 0 unspecified atom stereocenters. The van der Waals surface area contributed by atoms with Crippen LogP contribution in [0.25, 0.3) is 16.6 Å². The van der Waals surface area contributed by atoms with E-state index in [9.17, 15) is 18.4 Å². The maximum atomic E-state index is 14.9. The maximum absolute atomic E-state index is 14.9. The van der Waals surface area contributed by atoms with Gasteiger partial charge in [0.25, 0.3) is 0 Å². The van der Waals surface area contributed by atoms with Gasteiger partial charge in [-0.1, -0.05) is 17.3 Å². The fourth-order valence-corrected chi connectivity index (χ4v) is 3.96. The molecule has 3 heterocycles. The van der Waals surface area contributed by atoms with Gasteiger partial charge in [-0.25, -0.2) is 18.1 Å². The number of aryl methyl sites for hydroxylation is 2. The highest BCUT2D eigenvalue weighted by atomic mass is 19.1. The number of benzene rings is 2. The van der Waals surface area contributed by atoms with Crippen LogP contribution in [0.2, 0.25) is 0 Å². The minimum Gasteiger partial charge on any atom is -0.434 e. The predicted molar refractivity (Wildman–Crippen MR) is 132 cm³/mol. The first kappa shape index (κ1) is 24.6. The van der Waals surface area contributed by atoms with E-state index in [1.54, 1.807) is 24.6 Å². The number of halogens is 2. The molecule has 38 heavy (non-hydrogen) atoms. The van der Waals surface area contributed by atoms with E-state index in [0.29, 0.717) is 28.1 Å². The molecular formula is C26H20F2N6O4. The van der Waals surface area contributed by atoms with Crippen LogP contribution >= 0.6 is 0 Å². The molecule has 0 fully saturated rings. The maximum Gasteiger partial charge on any atom is 0.325 e. The Kier molecular flexibility index (Phi) is 6.52. The SMILES string of the molecule is Cc1noc(C)c1-c1ccn2ncnc(Oc3ccc(NC(=O)NC(=O)Cc4ccc(F)cc4)cc3F)c12. The van der Waals surface area contributed by atoms with Gasteiger partial charge in [0.05, 0.1) is 12.1 Å². The van der Waals surface area contributed by atoms with Gasteiger partial charge in [0.15, 0.2) is 11.6 Å². The van der Waals surface area contributed by atoms with Crippen molar-refractivity contribution in [1.29, 1.82) is 0 Å². The first-order valence-corrected chi connectivity index (χ1v) is 11.4. The third-order valence-electron chi connectivity index (χ3n) is 5.65. The Labute approximate surface area is 214 Å². The number of aromatic nitrogens is 4. The molecule has 10 nitrogen and oxygen atoms in total. The average molecular weight is 518 g/mol. The van der Waals surface area contributed by atoms with Crippen LogP contribution in [0.15, 0.2) is 65.6 Å². The predicted octanol–water partition coefficient (Wildman–Crippen LogP) is 4.96. The zero-order chi connectivity index (χ0) is 26.8. The zero-order valence-electron chi connectivity index (χ0n) is 20.2. The third kappa shape index (κ3) is 5.05. The number of imide groups is 1. The summed E-state index contributed by atoms with van der Waals surface area (Å²) in [6.07, 6.45) is 2.86. The Morgan fingerprint density at radius 2 is 1.87 bits per heavy atom. The summed E-state index contributed by atoms with van der Waals surface area (Å²) in [4.78, 5) is 28.4. The van der Waals surface area contributed by atoms with Gasteiger partial charge in [0.2, 0.25) is 11.8 Å². The van der Waals surface area contributed by atoms with E-state index >= 15 is 0 Å². The van der Waals surface area contributed by atoms with Gasteiger partial charge in [-0.15, -0.1) is 0 Å². The van der Waals surface area contributed by atoms with Crippen LogP contribution in [-0.4, -0.2) is 31.7 Å². The molecule has 0 aliphatic carbocycles. The number of hydrogen-bond donors (Lipinski definition) is 2. The molecule has 192 valence electrons. The van der Waals surface area contributed by atoms with Crippen molar-refractivity contribution in [2.75, 3.05) is 5.32 Å². The molecule has 12 heteroatoms. The number of amides is 3. The van der Waals surface area contributed by atoms with Crippen molar-refractivity contribution < 1.29 is 27.6 Å². The van der Waals surface area contributed by atoms with Crippen molar-refractivity contribution in [1.82, 2.24) is 25.1 Å². The molecule has 0 aliphatic rings. The molecule has 2 N–H and O–H groups in total. The lowest BCUT2D eigenvalue weighted by Crippen LogP contribution is -2.35. The summed E-state index contributed by atoms with van der Waals surface area (Å²) >= 11 is 0. The fraction of sp³-hybridized carbons (Fsp3) is 0.115. The average Bonchev–Trinajstić information content (AvgIpc) is 3.44. The normalized spacial score (nSPS) is 10.9. The molecule has 3 aromatic heterocycles. The van der Waals surface area contributed by atoms with Gasteiger partial charge >= 0.3 is 6.03 Å². The second-order valence-electron chi connectivity index (χ2n) is 8.34. The molecule has 0 atom stereocenters. The topological polar surface area (TPSA) is 124 Å². The van der Waals surface area contributed by atoms with Crippen LogP contribution in [-0.2, 0) is 11.2 Å². The van der Waals surface area contributed by atoms with Gasteiger partial charge in [-0.3, -0.25) is 10.1 Å². The number of hydrogen-bond acceptors (Lipinski definition) is 7. The number of carbonyl (C=O) groups excluding carboxylic acids is 2. The molecule has 0 saturated carbocycles. The van der Waals surface area contributed by atoms with Crippen LogP contribution in [0.5, 0.6) is 11.6 Å². The lowest BCUT2D eigenvalue weighted by molar-refractivity contribution is -0.119. The molecular weight excluding hydrogens is 498 g/mol. The Morgan fingerprint density at radius 3 is 2.58 bits per heavy atom. The van der Waals surface area contributed by atoms with E-state index in [2.05, 4.69) is 25.9 Å². The summed E-state index contributed by atoms with van der Waals surface area (Å²) in [7, 11) is 0. The van der Waals surface area contributed by atoms with Crippen molar-refractivity contribution in [2.24, 2.45) is 0 Å². The van der Waals surface area contributed by atoms with E-state index < -0.39 is 23.6 Å². The number of carbonyl (C=O) groups is 2. The molecule has 0 bridgehead atoms. The van der Waals surface area contributed by atoms with E-state index in [1.807, 2.05) is 6.07 Å². The highest BCUT2D eigenvalue weighted by Crippen LogP contribution is 2.36. The number of fused-ring (bicyclic) bond motifs is 1. The molecule has 0 radical (unpaired) electrons. The molecule has 0 saturated heterocycles. The van der Waals surface area contributed by atoms with Crippen LogP contribution in [0.3, 0.4) is 0 Å². The van der Waals surface area contributed by atoms with E-state index in [0.717, 1.165) is 11.6 Å². The van der Waals surface area contributed by atoms with Gasteiger partial charge in [-0.2, -0.15) is 10.1 Å². The quantitative estimate of drug-likeness (QED) is 0.326. The Bertz CT molecular complexity index is 1640. The lowest BCUT2D eigenvalue weighted by Gasteiger charge is -2.11. The molecule has 2 aromatic carbocycles. The largest absolute Gasteiger partial charge is 0.434 e. The summed E-state index contributed by atoms with van der Waals surface area (Å²) in [6.45, 7) is 3.58. The molecule has 5 aromatic rings. The monoisotopic (exact) mass is 518 g/mol. The van der Waals surface area contributed by atoms with Crippen molar-refractivity contribution >= 4 is 23.1 Å². The van der Waals surface area contributed by atoms with Gasteiger partial charge in [-0.05, 0) is 49.7 Å². The lowest BCUT2D eigenvalue weighted by atomic mass is 10.1. The molecule has 0 spiro atoms. The van der Waals surface area contributed by atoms with E-state index in [-0.39, 0.29) is 23.7 Å². The highest BCUT2D eigenvalue weighted by molar-refractivity contribution is 6.01. The number of urea groups is 1. The minimum atomic E-state index is -0.847. The standard InChI is InChI=1S/C26H20F2N6O4/c1-14-23(15(2)38-33-14)19-9-10-34-24(19)25(29-13-30-34)37-21-8-7-18(12-20(21)28)31-26(36)32-22(35)11-16-3-5-17(27)6-4-16/h3-10,12-13H,11H2,1-2H3,(H2,31,32,35,36). The van der Waals surface area contributed by atoms with Crippen molar-refractivity contribution in [2.45, 2.75) is 20.3 Å². The summed E-state index contributed by atoms with van der Waals surface area (Å²) in [5.74, 6) is -1.26. The Morgan fingerprint density at radius 1 is 1.08 bits per heavy atom. The Hall–Kier alpha value is -5.13. The molecule has 3 amide bonds. The van der Waals surface area contributed by atoms with Crippen molar-refractivity contribution in [3.05, 3.63) is 89.7 Å². The minimum absolute atomic E-state index is 0.0915. The van der Waals surface area contributed by atoms with Crippen molar-refractivity contribution in [3.63, 3.8) is 0 Å². The van der Waals surface area contributed by atoms with Crippen LogP contribution in [0.4, 0.5) is 19.3 Å². The Balaban J connectivity index is 1.30. The first-order chi connectivity index (χ1) is 18.3. The summed E-state index contributed by atoms with van der Waals surface area (Å²) in [5.41, 5.74) is 3.24. The number of anilines is 1. The van der Waals surface area contributed by atoms with E-state index in [1.165, 1.54) is 42.7 Å². The summed E-state index contributed by atoms with van der Waals surface area (Å²) < 4.78 is 40.5. The fourth-order valence-electron chi connectivity index (χ4n) is 3.96. The number of nitrogens with zero attached hydrogens (tertiary/aromatic N) is 4. The first-order valence-electron chi connectivity index (χ1n) is 11.4. The number of nitrogens with one attached hydrogen (secondary N) is 2. The summed E-state index contributed by atoms with van der Waals surface area (Å²) in [6, 6.07) is 10.1. The van der Waals surface area contributed by atoms with E-state index in [4.69, 9.17) is 9.26 Å².